The molecule has 20 heavy (non-hydrogen) atoms. The maximum absolute atomic E-state index is 13.5. The van der Waals surface area contributed by atoms with Crippen LogP contribution in [0.3, 0.4) is 0 Å². The first kappa shape index (κ1) is 13.1. The van der Waals surface area contributed by atoms with E-state index in [1.54, 1.807) is 0 Å². The lowest BCUT2D eigenvalue weighted by atomic mass is 10.0. The van der Waals surface area contributed by atoms with Crippen LogP contribution in [-0.4, -0.2) is 13.2 Å². The fourth-order valence-electron chi connectivity index (χ4n) is 2.44. The zero-order valence-electron chi connectivity index (χ0n) is 10.9. The lowest BCUT2D eigenvalue weighted by Crippen LogP contribution is -2.22. The highest BCUT2D eigenvalue weighted by atomic mass is 19.1. The smallest absolute Gasteiger partial charge is 0.130 e. The van der Waals surface area contributed by atoms with E-state index in [2.05, 4.69) is 5.32 Å². The van der Waals surface area contributed by atoms with Crippen LogP contribution in [0.1, 0.15) is 17.0 Å². The van der Waals surface area contributed by atoms with Crippen molar-refractivity contribution in [2.45, 2.75) is 12.5 Å². The molecule has 2 aromatic carbocycles. The van der Waals surface area contributed by atoms with Crippen molar-refractivity contribution in [2.75, 3.05) is 13.2 Å². The Balaban J connectivity index is 1.59. The Morgan fingerprint density at radius 3 is 2.85 bits per heavy atom. The Labute approximate surface area is 116 Å². The second kappa shape index (κ2) is 5.59. The fourth-order valence-corrected chi connectivity index (χ4v) is 2.44. The van der Waals surface area contributed by atoms with Crippen molar-refractivity contribution in [3.05, 3.63) is 65.2 Å². The van der Waals surface area contributed by atoms with Crippen LogP contribution in [0.4, 0.5) is 8.78 Å². The molecule has 0 aromatic heterocycles. The van der Waals surface area contributed by atoms with E-state index in [0.29, 0.717) is 25.3 Å². The lowest BCUT2D eigenvalue weighted by molar-refractivity contribution is 0.326. The zero-order chi connectivity index (χ0) is 13.9. The predicted molar refractivity (Wildman–Crippen MR) is 72.7 cm³/mol. The highest BCUT2D eigenvalue weighted by molar-refractivity contribution is 5.39. The number of ether oxygens (including phenoxy) is 1. The Bertz CT molecular complexity index is 615. The van der Waals surface area contributed by atoms with Gasteiger partial charge >= 0.3 is 0 Å². The van der Waals surface area contributed by atoms with E-state index >= 15 is 0 Å². The molecule has 1 unspecified atom stereocenters. The van der Waals surface area contributed by atoms with Gasteiger partial charge < -0.3 is 10.1 Å². The van der Waals surface area contributed by atoms with Crippen LogP contribution in [0.2, 0.25) is 0 Å². The molecule has 0 radical (unpaired) electrons. The third-order valence-electron chi connectivity index (χ3n) is 3.52. The van der Waals surface area contributed by atoms with Crippen molar-refractivity contribution in [1.29, 1.82) is 0 Å². The topological polar surface area (TPSA) is 21.3 Å². The van der Waals surface area contributed by atoms with Gasteiger partial charge in [-0.05, 0) is 12.1 Å². The number of hydrogen-bond donors (Lipinski definition) is 1. The standard InChI is InChI=1S/C16H15F2NO/c17-13-6-5-11(15(18)7-13)8-19-9-12-10-20-16-4-2-1-3-14(12)16/h1-7,12,19H,8-10H2. The summed E-state index contributed by atoms with van der Waals surface area (Å²) in [5, 5.41) is 3.20. The SMILES string of the molecule is Fc1ccc(CNCC2COc3ccccc32)c(F)c1. The molecule has 4 heteroatoms. The van der Waals surface area contributed by atoms with Crippen molar-refractivity contribution in [3.8, 4) is 5.75 Å². The molecule has 2 aromatic rings. The van der Waals surface area contributed by atoms with Crippen LogP contribution in [0.15, 0.2) is 42.5 Å². The minimum atomic E-state index is -0.552. The highest BCUT2D eigenvalue weighted by Crippen LogP contribution is 2.32. The van der Waals surface area contributed by atoms with Gasteiger partial charge in [0, 0.05) is 36.2 Å². The van der Waals surface area contributed by atoms with Crippen LogP contribution in [0.5, 0.6) is 5.75 Å². The number of halogens is 2. The van der Waals surface area contributed by atoms with Crippen molar-refractivity contribution in [1.82, 2.24) is 5.32 Å². The molecule has 0 amide bonds. The Morgan fingerprint density at radius 1 is 1.15 bits per heavy atom. The molecule has 104 valence electrons. The van der Waals surface area contributed by atoms with Gasteiger partial charge in [0.2, 0.25) is 0 Å². The number of rotatable bonds is 4. The average molecular weight is 275 g/mol. The van der Waals surface area contributed by atoms with Crippen LogP contribution < -0.4 is 10.1 Å². The largest absolute Gasteiger partial charge is 0.493 e. The number of hydrogen-bond acceptors (Lipinski definition) is 2. The Morgan fingerprint density at radius 2 is 2.00 bits per heavy atom. The molecule has 0 aliphatic carbocycles. The van der Waals surface area contributed by atoms with Crippen molar-refractivity contribution < 1.29 is 13.5 Å². The van der Waals surface area contributed by atoms with Gasteiger partial charge in [0.15, 0.2) is 0 Å². The van der Waals surface area contributed by atoms with E-state index in [1.165, 1.54) is 17.7 Å². The molecule has 1 aliphatic heterocycles. The normalized spacial score (nSPS) is 16.8. The summed E-state index contributed by atoms with van der Waals surface area (Å²) < 4.78 is 31.9. The summed E-state index contributed by atoms with van der Waals surface area (Å²) in [4.78, 5) is 0. The lowest BCUT2D eigenvalue weighted by Gasteiger charge is -2.11. The molecule has 3 rings (SSSR count). The Kier molecular flexibility index (Phi) is 3.65. The third-order valence-corrected chi connectivity index (χ3v) is 3.52. The molecule has 0 spiro atoms. The van der Waals surface area contributed by atoms with Gasteiger partial charge in [-0.15, -0.1) is 0 Å². The average Bonchev–Trinajstić information content (AvgIpc) is 2.85. The van der Waals surface area contributed by atoms with Gasteiger partial charge in [-0.1, -0.05) is 24.3 Å². The number of para-hydroxylation sites is 1. The molecule has 1 aliphatic rings. The van der Waals surface area contributed by atoms with Gasteiger partial charge in [-0.3, -0.25) is 0 Å². The molecular formula is C16H15F2NO. The fraction of sp³-hybridized carbons (Fsp3) is 0.250. The molecule has 2 nitrogen and oxygen atoms in total. The molecule has 0 saturated heterocycles. The van der Waals surface area contributed by atoms with E-state index in [9.17, 15) is 8.78 Å². The van der Waals surface area contributed by atoms with Gasteiger partial charge in [0.25, 0.3) is 0 Å². The maximum atomic E-state index is 13.5. The second-order valence-corrected chi connectivity index (χ2v) is 4.91. The summed E-state index contributed by atoms with van der Waals surface area (Å²) in [6.07, 6.45) is 0. The molecule has 0 saturated carbocycles. The number of nitrogens with one attached hydrogen (secondary N) is 1. The van der Waals surface area contributed by atoms with Gasteiger partial charge in [-0.2, -0.15) is 0 Å². The third kappa shape index (κ3) is 2.65. The van der Waals surface area contributed by atoms with Crippen molar-refractivity contribution >= 4 is 0 Å². The van der Waals surface area contributed by atoms with Crippen LogP contribution >= 0.6 is 0 Å². The van der Waals surface area contributed by atoms with E-state index in [-0.39, 0.29) is 5.92 Å². The van der Waals surface area contributed by atoms with Gasteiger partial charge in [0.1, 0.15) is 17.4 Å². The number of fused-ring (bicyclic) bond motifs is 1. The van der Waals surface area contributed by atoms with Crippen LogP contribution in [0.25, 0.3) is 0 Å². The summed E-state index contributed by atoms with van der Waals surface area (Å²) in [5.41, 5.74) is 1.65. The molecule has 1 atom stereocenters. The first-order chi connectivity index (χ1) is 9.74. The minimum Gasteiger partial charge on any atom is -0.493 e. The van der Waals surface area contributed by atoms with Gasteiger partial charge in [-0.25, -0.2) is 8.78 Å². The summed E-state index contributed by atoms with van der Waals surface area (Å²) >= 11 is 0. The molecule has 0 fully saturated rings. The highest BCUT2D eigenvalue weighted by Gasteiger charge is 2.22. The van der Waals surface area contributed by atoms with E-state index in [4.69, 9.17) is 4.74 Å². The van der Waals surface area contributed by atoms with E-state index < -0.39 is 11.6 Å². The van der Waals surface area contributed by atoms with Crippen LogP contribution in [-0.2, 0) is 6.54 Å². The molecule has 0 bridgehead atoms. The first-order valence-corrected chi connectivity index (χ1v) is 6.60. The Hall–Kier alpha value is -1.94. The molecular weight excluding hydrogens is 260 g/mol. The summed E-state index contributed by atoms with van der Waals surface area (Å²) in [6.45, 7) is 1.72. The van der Waals surface area contributed by atoms with Crippen LogP contribution in [0, 0.1) is 11.6 Å². The maximum Gasteiger partial charge on any atom is 0.130 e. The second-order valence-electron chi connectivity index (χ2n) is 4.91. The van der Waals surface area contributed by atoms with E-state index in [1.807, 2.05) is 24.3 Å². The minimum absolute atomic E-state index is 0.273. The van der Waals surface area contributed by atoms with Crippen molar-refractivity contribution in [2.24, 2.45) is 0 Å². The zero-order valence-corrected chi connectivity index (χ0v) is 10.9. The number of benzene rings is 2. The summed E-state index contributed by atoms with van der Waals surface area (Å²) in [7, 11) is 0. The molecule has 1 heterocycles. The first-order valence-electron chi connectivity index (χ1n) is 6.60. The quantitative estimate of drug-likeness (QED) is 0.925. The van der Waals surface area contributed by atoms with Gasteiger partial charge in [0.05, 0.1) is 6.61 Å². The van der Waals surface area contributed by atoms with E-state index in [0.717, 1.165) is 11.8 Å². The summed E-state index contributed by atoms with van der Waals surface area (Å²) in [6, 6.07) is 11.6. The molecule has 1 N–H and O–H groups in total. The summed E-state index contributed by atoms with van der Waals surface area (Å²) in [5.74, 6) is 0.131. The monoisotopic (exact) mass is 275 g/mol. The predicted octanol–water partition coefficient (Wildman–Crippen LogP) is 3.23. The van der Waals surface area contributed by atoms with Crippen molar-refractivity contribution in [3.63, 3.8) is 0 Å².